The van der Waals surface area contributed by atoms with Crippen LogP contribution >= 0.6 is 0 Å². The van der Waals surface area contributed by atoms with Crippen LogP contribution in [-0.4, -0.2) is 6.71 Å². The Kier molecular flexibility index (Phi) is 4.57. The molecule has 0 saturated carbocycles. The predicted octanol–water partition coefficient (Wildman–Crippen LogP) is 3.04. The van der Waals surface area contributed by atoms with Crippen LogP contribution in [0.5, 0.6) is 0 Å². The summed E-state index contributed by atoms with van der Waals surface area (Å²) in [6, 6.07) is 7.08. The van der Waals surface area contributed by atoms with Gasteiger partial charge in [0.2, 0.25) is 0 Å². The van der Waals surface area contributed by atoms with Gasteiger partial charge in [-0.3, -0.25) is 0 Å². The van der Waals surface area contributed by atoms with Crippen molar-refractivity contribution in [2.24, 2.45) is 0 Å². The van der Waals surface area contributed by atoms with E-state index >= 15 is 0 Å². The summed E-state index contributed by atoms with van der Waals surface area (Å²) in [4.78, 5) is 0. The third kappa shape index (κ3) is 3.40. The van der Waals surface area contributed by atoms with Crippen LogP contribution in [0, 0.1) is 34.9 Å². The molecule has 126 valence electrons. The number of hydrogen-bond donors (Lipinski definition) is 0. The van der Waals surface area contributed by atoms with Crippen molar-refractivity contribution in [2.75, 3.05) is 0 Å². The lowest BCUT2D eigenvalue weighted by Gasteiger charge is -2.18. The Hall–Kier alpha value is -2.70. The molecular formula is C18H9BF6. The number of hydrogen-bond acceptors (Lipinski definition) is 0. The highest BCUT2D eigenvalue weighted by atomic mass is 19.1. The Balaban J connectivity index is 2.34. The normalized spacial score (nSPS) is 10.8. The largest absolute Gasteiger partial charge is 0.253 e. The van der Waals surface area contributed by atoms with Crippen LogP contribution < -0.4 is 16.4 Å². The monoisotopic (exact) mass is 350 g/mol. The molecule has 0 bridgehead atoms. The van der Waals surface area contributed by atoms with Crippen molar-refractivity contribution >= 4 is 23.1 Å². The van der Waals surface area contributed by atoms with Gasteiger partial charge in [0.25, 0.3) is 6.71 Å². The Morgan fingerprint density at radius 3 is 1.00 bits per heavy atom. The van der Waals surface area contributed by atoms with Crippen molar-refractivity contribution in [3.05, 3.63) is 89.5 Å². The van der Waals surface area contributed by atoms with E-state index in [1.54, 1.807) is 0 Å². The molecule has 3 aromatic carbocycles. The zero-order chi connectivity index (χ0) is 18.1. The van der Waals surface area contributed by atoms with Crippen LogP contribution in [0.2, 0.25) is 0 Å². The first-order valence-corrected chi connectivity index (χ1v) is 7.21. The van der Waals surface area contributed by atoms with Crippen LogP contribution in [0.3, 0.4) is 0 Å². The minimum atomic E-state index is -1.57. The molecule has 3 rings (SSSR count). The van der Waals surface area contributed by atoms with Crippen LogP contribution in [0.4, 0.5) is 26.3 Å². The smallest absolute Gasteiger partial charge is 0.208 e. The molecule has 0 radical (unpaired) electrons. The van der Waals surface area contributed by atoms with Gasteiger partial charge in [-0.15, -0.1) is 0 Å². The molecule has 7 heteroatoms. The van der Waals surface area contributed by atoms with Crippen molar-refractivity contribution in [1.82, 2.24) is 0 Å². The molecule has 0 nitrogen and oxygen atoms in total. The molecule has 0 aliphatic rings. The first-order chi connectivity index (χ1) is 11.9. The van der Waals surface area contributed by atoms with Gasteiger partial charge in [-0.25, -0.2) is 26.3 Å². The summed E-state index contributed by atoms with van der Waals surface area (Å²) >= 11 is 0. The molecule has 0 heterocycles. The fourth-order valence-electron chi connectivity index (χ4n) is 2.71. The van der Waals surface area contributed by atoms with E-state index in [-0.39, 0.29) is 0 Å². The lowest BCUT2D eigenvalue weighted by Crippen LogP contribution is -2.56. The summed E-state index contributed by atoms with van der Waals surface area (Å²) in [5, 5.41) is 0. The van der Waals surface area contributed by atoms with Crippen molar-refractivity contribution in [3.8, 4) is 0 Å². The number of benzene rings is 3. The van der Waals surface area contributed by atoms with Crippen LogP contribution in [-0.2, 0) is 0 Å². The first-order valence-electron chi connectivity index (χ1n) is 7.21. The highest BCUT2D eigenvalue weighted by Gasteiger charge is 2.31. The summed E-state index contributed by atoms with van der Waals surface area (Å²) in [6.07, 6.45) is 0. The Labute approximate surface area is 139 Å². The van der Waals surface area contributed by atoms with E-state index in [1.165, 1.54) is 0 Å². The minimum Gasteiger partial charge on any atom is -0.208 e. The molecule has 0 unspecified atom stereocenters. The van der Waals surface area contributed by atoms with Crippen LogP contribution in [0.1, 0.15) is 0 Å². The van der Waals surface area contributed by atoms with Gasteiger partial charge in [-0.1, -0.05) is 0 Å². The lowest BCUT2D eigenvalue weighted by molar-refractivity contribution is 0.602. The van der Waals surface area contributed by atoms with Crippen molar-refractivity contribution in [3.63, 3.8) is 0 Å². The van der Waals surface area contributed by atoms with Gasteiger partial charge in [0.05, 0.1) is 0 Å². The zero-order valence-corrected chi connectivity index (χ0v) is 12.5. The number of halogens is 6. The van der Waals surface area contributed by atoms with Gasteiger partial charge in [0.15, 0.2) is 0 Å². The third-order valence-corrected chi connectivity index (χ3v) is 3.81. The van der Waals surface area contributed by atoms with Crippen LogP contribution in [0.15, 0.2) is 54.6 Å². The van der Waals surface area contributed by atoms with Gasteiger partial charge in [-0.2, -0.15) is 0 Å². The van der Waals surface area contributed by atoms with E-state index in [1.807, 2.05) is 0 Å². The second-order valence-corrected chi connectivity index (χ2v) is 5.43. The van der Waals surface area contributed by atoms with E-state index in [0.717, 1.165) is 54.6 Å². The summed E-state index contributed by atoms with van der Waals surface area (Å²) < 4.78 is 83.6. The maximum Gasteiger partial charge on any atom is 0.253 e. The molecular weight excluding hydrogens is 341 g/mol. The molecule has 25 heavy (non-hydrogen) atoms. The Morgan fingerprint density at radius 2 is 0.720 bits per heavy atom. The molecule has 0 atom stereocenters. The quantitative estimate of drug-likeness (QED) is 0.503. The lowest BCUT2D eigenvalue weighted by atomic mass is 9.36. The van der Waals surface area contributed by atoms with Crippen LogP contribution in [0.25, 0.3) is 0 Å². The third-order valence-electron chi connectivity index (χ3n) is 3.81. The zero-order valence-electron chi connectivity index (χ0n) is 12.5. The van der Waals surface area contributed by atoms with Crippen molar-refractivity contribution < 1.29 is 26.3 Å². The maximum absolute atomic E-state index is 14.3. The molecule has 0 aliphatic carbocycles. The first kappa shape index (κ1) is 17.1. The molecule has 0 saturated heterocycles. The van der Waals surface area contributed by atoms with Gasteiger partial charge in [0, 0.05) is 0 Å². The van der Waals surface area contributed by atoms with Crippen molar-refractivity contribution in [2.45, 2.75) is 0 Å². The van der Waals surface area contributed by atoms with E-state index in [4.69, 9.17) is 0 Å². The van der Waals surface area contributed by atoms with E-state index in [9.17, 15) is 26.3 Å². The van der Waals surface area contributed by atoms with Gasteiger partial charge in [0.1, 0.15) is 34.9 Å². The highest BCUT2D eigenvalue weighted by Crippen LogP contribution is 2.08. The fourth-order valence-corrected chi connectivity index (χ4v) is 2.71. The second kappa shape index (κ2) is 6.66. The topological polar surface area (TPSA) is 0 Å². The Morgan fingerprint density at radius 1 is 0.440 bits per heavy atom. The molecule has 0 aliphatic heterocycles. The fraction of sp³-hybridized carbons (Fsp3) is 0. The summed E-state index contributed by atoms with van der Waals surface area (Å²) in [6.45, 7) is -1.57. The highest BCUT2D eigenvalue weighted by molar-refractivity contribution is 6.95. The molecule has 0 fully saturated rings. The average molecular weight is 350 g/mol. The molecule has 0 N–H and O–H groups in total. The van der Waals surface area contributed by atoms with E-state index < -0.39 is 58.0 Å². The summed E-state index contributed by atoms with van der Waals surface area (Å²) in [5.74, 6) is -5.43. The summed E-state index contributed by atoms with van der Waals surface area (Å²) in [5.41, 5.74) is -1.31. The van der Waals surface area contributed by atoms with Crippen molar-refractivity contribution in [1.29, 1.82) is 0 Å². The predicted molar refractivity (Wildman–Crippen MR) is 83.7 cm³/mol. The van der Waals surface area contributed by atoms with Gasteiger partial charge < -0.3 is 0 Å². The Bertz CT molecular complexity index is 818. The molecule has 0 amide bonds. The minimum absolute atomic E-state index is 0.436. The van der Waals surface area contributed by atoms with Gasteiger partial charge in [-0.05, 0) is 71.0 Å². The van der Waals surface area contributed by atoms with E-state index in [2.05, 4.69) is 0 Å². The van der Waals surface area contributed by atoms with Gasteiger partial charge >= 0.3 is 0 Å². The molecule has 3 aromatic rings. The molecule has 0 spiro atoms. The SMILES string of the molecule is Fc1ccc(F)c(B(c2cc(F)ccc2F)c2cc(F)ccc2F)c1. The number of rotatable bonds is 3. The van der Waals surface area contributed by atoms with E-state index in [0.29, 0.717) is 0 Å². The molecule has 0 aromatic heterocycles. The maximum atomic E-state index is 14.3. The standard InChI is InChI=1S/C18H9BF6/c20-10-1-4-16(23)13(7-10)19(14-8-11(21)2-5-17(14)24)15-9-12(22)3-6-18(15)25/h1-9H. The average Bonchev–Trinajstić information content (AvgIpc) is 2.57. The second-order valence-electron chi connectivity index (χ2n) is 5.43. The summed E-state index contributed by atoms with van der Waals surface area (Å²) in [7, 11) is 0.